The molecule has 0 aromatic heterocycles. The summed E-state index contributed by atoms with van der Waals surface area (Å²) < 4.78 is 0. The zero-order valence-corrected chi connectivity index (χ0v) is 23.8. The summed E-state index contributed by atoms with van der Waals surface area (Å²) in [6, 6.07) is 17.5. The molecule has 0 saturated heterocycles. The maximum Gasteiger partial charge on any atom is 0.300 e. The van der Waals surface area contributed by atoms with E-state index in [1.54, 1.807) is 24.3 Å². The van der Waals surface area contributed by atoms with Crippen molar-refractivity contribution in [1.82, 2.24) is 16.0 Å². The van der Waals surface area contributed by atoms with E-state index in [4.69, 9.17) is 17.2 Å². The Morgan fingerprint density at radius 3 is 1.89 bits per heavy atom. The minimum absolute atomic E-state index is 0.0653. The monoisotopic (exact) mass is 605 g/mol. The van der Waals surface area contributed by atoms with Crippen molar-refractivity contribution in [3.63, 3.8) is 0 Å². The first kappa shape index (κ1) is 33.1. The molecule has 0 fully saturated rings. The van der Waals surface area contributed by atoms with Crippen molar-refractivity contribution in [1.29, 1.82) is 0 Å². The number of anilines is 2. The van der Waals surface area contributed by atoms with Gasteiger partial charge in [0.2, 0.25) is 23.4 Å². The highest BCUT2D eigenvalue weighted by atomic mass is 16.6. The van der Waals surface area contributed by atoms with Gasteiger partial charge in [-0.25, -0.2) is 0 Å². The molecule has 15 nitrogen and oxygen atoms in total. The molecule has 0 spiro atoms. The van der Waals surface area contributed by atoms with Crippen molar-refractivity contribution < 1.29 is 19.3 Å². The zero-order valence-electron chi connectivity index (χ0n) is 23.8. The molecule has 3 aromatic carbocycles. The molecule has 0 heterocycles. The van der Waals surface area contributed by atoms with Gasteiger partial charge in [0.1, 0.15) is 12.1 Å². The van der Waals surface area contributed by atoms with Crippen LogP contribution < -0.4 is 38.5 Å². The van der Waals surface area contributed by atoms with Crippen LogP contribution in [0.5, 0.6) is 0 Å². The molecule has 3 rings (SSSR count). The molecule has 10 N–H and O–H groups in total. The van der Waals surface area contributed by atoms with E-state index in [1.807, 2.05) is 36.4 Å². The second kappa shape index (κ2) is 16.3. The van der Waals surface area contributed by atoms with Crippen molar-refractivity contribution in [2.75, 3.05) is 30.7 Å². The number of hydrogen-bond acceptors (Lipinski definition) is 11. The molecule has 15 heteroatoms. The van der Waals surface area contributed by atoms with E-state index in [9.17, 15) is 29.4 Å². The lowest BCUT2D eigenvalue weighted by Crippen LogP contribution is -2.57. The summed E-state index contributed by atoms with van der Waals surface area (Å²) in [7, 11) is 0. The van der Waals surface area contributed by atoms with Gasteiger partial charge in [-0.3, -0.25) is 24.5 Å². The number of carbonyl (C=O) groups excluding carboxylic acids is 3. The van der Waals surface area contributed by atoms with E-state index in [0.29, 0.717) is 0 Å². The second-order valence-corrected chi connectivity index (χ2v) is 9.80. The van der Waals surface area contributed by atoms with E-state index in [-0.39, 0.29) is 43.9 Å². The molecule has 3 aromatic rings. The first-order valence-electron chi connectivity index (χ1n) is 13.7. The predicted molar refractivity (Wildman–Crippen MR) is 166 cm³/mol. The largest absolute Gasteiger partial charge is 0.395 e. The van der Waals surface area contributed by atoms with Gasteiger partial charge in [0.15, 0.2) is 0 Å². The number of hydrogen-bond donors (Lipinski definition) is 7. The first-order valence-corrected chi connectivity index (χ1v) is 13.7. The Kier molecular flexibility index (Phi) is 12.2. The molecule has 0 aliphatic rings. The Hall–Kier alpha value is -5.41. The average Bonchev–Trinajstić information content (AvgIpc) is 3.03. The van der Waals surface area contributed by atoms with Crippen molar-refractivity contribution in [3.05, 3.63) is 98.9 Å². The van der Waals surface area contributed by atoms with Gasteiger partial charge in [0, 0.05) is 38.5 Å². The van der Waals surface area contributed by atoms with Crippen LogP contribution in [0.25, 0.3) is 0 Å². The standard InChI is InChI=1S/C29H35N9O6/c30-17-20(31)27(39)35-23(16-19-9-5-2-6-10-19)29(41)36-22(15-18-7-3-1-4-8-18)28(40)34-14-13-33-21-11-12-24(38(43)44)26(37-42)25(21)32/h1-12,20,22-23,33H,13-17,30-32H2,(H,34,40)(H,35,39)(H,36,41). The lowest BCUT2D eigenvalue weighted by atomic mass is 10.0. The van der Waals surface area contributed by atoms with Crippen molar-refractivity contribution in [2.24, 2.45) is 16.6 Å². The lowest BCUT2D eigenvalue weighted by Gasteiger charge is -2.24. The molecule has 3 unspecified atom stereocenters. The quantitative estimate of drug-likeness (QED) is 0.0398. The molecular formula is C29H35N9O6. The molecule has 0 radical (unpaired) electrons. The predicted octanol–water partition coefficient (Wildman–Crippen LogP) is 0.844. The number of carbonyl (C=O) groups is 3. The highest BCUT2D eigenvalue weighted by molar-refractivity contribution is 5.93. The fraction of sp³-hybridized carbons (Fsp3) is 0.276. The van der Waals surface area contributed by atoms with Gasteiger partial charge in [-0.05, 0) is 22.4 Å². The number of rotatable bonds is 16. The topological polar surface area (TPSA) is 250 Å². The average molecular weight is 606 g/mol. The van der Waals surface area contributed by atoms with Crippen LogP contribution in [0.4, 0.5) is 22.7 Å². The lowest BCUT2D eigenvalue weighted by molar-refractivity contribution is -0.384. The molecule has 0 aliphatic heterocycles. The van der Waals surface area contributed by atoms with Crippen molar-refractivity contribution in [2.45, 2.75) is 31.0 Å². The smallest absolute Gasteiger partial charge is 0.300 e. The summed E-state index contributed by atoms with van der Waals surface area (Å²) in [5.74, 6) is -1.69. The number of benzene rings is 3. The van der Waals surface area contributed by atoms with Crippen LogP contribution in [0, 0.1) is 15.0 Å². The number of nitro benzene ring substituents is 1. The molecule has 0 saturated carbocycles. The molecule has 0 bridgehead atoms. The maximum atomic E-state index is 13.5. The highest BCUT2D eigenvalue weighted by Gasteiger charge is 2.28. The van der Waals surface area contributed by atoms with Crippen LogP contribution in [0.2, 0.25) is 0 Å². The summed E-state index contributed by atoms with van der Waals surface area (Å²) in [5.41, 5.74) is 17.7. The van der Waals surface area contributed by atoms with E-state index >= 15 is 0 Å². The summed E-state index contributed by atoms with van der Waals surface area (Å²) in [6.07, 6.45) is 0.303. The van der Waals surface area contributed by atoms with Gasteiger partial charge >= 0.3 is 5.69 Å². The number of nitrogens with one attached hydrogen (secondary N) is 4. The van der Waals surface area contributed by atoms with Crippen molar-refractivity contribution >= 4 is 40.5 Å². The SMILES string of the molecule is NCC(N)C(=O)NC(Cc1ccccc1)C(=O)NC(Cc1ccccc1)C(=O)NCCNc1ccc([N+](=O)[O-])c(N=O)c1N. The van der Waals surface area contributed by atoms with E-state index < -0.39 is 52.1 Å². The molecule has 3 atom stereocenters. The summed E-state index contributed by atoms with van der Waals surface area (Å²) in [6.45, 7) is 0.0780. The Balaban J connectivity index is 1.72. The summed E-state index contributed by atoms with van der Waals surface area (Å²) in [5, 5.41) is 24.8. The Labute approximate surface area is 253 Å². The number of nitrogens with two attached hydrogens (primary N) is 3. The Bertz CT molecular complexity index is 1460. The third kappa shape index (κ3) is 9.30. The van der Waals surface area contributed by atoms with Gasteiger partial charge in [0.25, 0.3) is 0 Å². The van der Waals surface area contributed by atoms with Gasteiger partial charge in [-0.1, -0.05) is 60.7 Å². The van der Waals surface area contributed by atoms with Crippen LogP contribution in [-0.4, -0.2) is 60.4 Å². The van der Waals surface area contributed by atoms with E-state index in [0.717, 1.165) is 17.2 Å². The van der Waals surface area contributed by atoms with Crippen LogP contribution >= 0.6 is 0 Å². The van der Waals surface area contributed by atoms with Crippen molar-refractivity contribution in [3.8, 4) is 0 Å². The molecule has 0 aliphatic carbocycles. The van der Waals surface area contributed by atoms with Crippen LogP contribution in [0.3, 0.4) is 0 Å². The Morgan fingerprint density at radius 1 is 0.818 bits per heavy atom. The fourth-order valence-electron chi connectivity index (χ4n) is 4.28. The zero-order chi connectivity index (χ0) is 32.1. The van der Waals surface area contributed by atoms with Crippen LogP contribution in [0.15, 0.2) is 78.0 Å². The van der Waals surface area contributed by atoms with Gasteiger partial charge in [0.05, 0.1) is 22.3 Å². The summed E-state index contributed by atoms with van der Waals surface area (Å²) >= 11 is 0. The number of nitro groups is 1. The van der Waals surface area contributed by atoms with Crippen LogP contribution in [-0.2, 0) is 27.2 Å². The number of nitrogen functional groups attached to an aromatic ring is 1. The molecule has 3 amide bonds. The first-order chi connectivity index (χ1) is 21.1. The van der Waals surface area contributed by atoms with Gasteiger partial charge in [-0.2, -0.15) is 0 Å². The third-order valence-corrected chi connectivity index (χ3v) is 6.65. The van der Waals surface area contributed by atoms with E-state index in [1.165, 1.54) is 6.07 Å². The highest BCUT2D eigenvalue weighted by Crippen LogP contribution is 2.38. The van der Waals surface area contributed by atoms with Gasteiger partial charge < -0.3 is 38.5 Å². The third-order valence-electron chi connectivity index (χ3n) is 6.65. The second-order valence-electron chi connectivity index (χ2n) is 9.80. The number of nitroso groups, excluding NO2 is 1. The number of nitrogens with zero attached hydrogens (tertiary/aromatic N) is 2. The fourth-order valence-corrected chi connectivity index (χ4v) is 4.28. The number of amides is 3. The minimum Gasteiger partial charge on any atom is -0.395 e. The van der Waals surface area contributed by atoms with Crippen LogP contribution in [0.1, 0.15) is 11.1 Å². The molecule has 232 valence electrons. The molecule has 44 heavy (non-hydrogen) atoms. The Morgan fingerprint density at radius 2 is 1.36 bits per heavy atom. The molecular weight excluding hydrogens is 570 g/mol. The minimum atomic E-state index is -1.04. The van der Waals surface area contributed by atoms with Gasteiger partial charge in [-0.15, -0.1) is 4.91 Å². The maximum absolute atomic E-state index is 13.5. The normalized spacial score (nSPS) is 12.7. The van der Waals surface area contributed by atoms with E-state index in [2.05, 4.69) is 26.4 Å². The summed E-state index contributed by atoms with van der Waals surface area (Å²) in [4.78, 5) is 60.8.